The van der Waals surface area contributed by atoms with Gasteiger partial charge in [-0.3, -0.25) is 28.4 Å². The van der Waals surface area contributed by atoms with Gasteiger partial charge in [0.15, 0.2) is 5.65 Å². The third-order valence-electron chi connectivity index (χ3n) is 11.6. The number of hydrogen-bond acceptors (Lipinski definition) is 10. The first kappa shape index (κ1) is 48.8. The molecule has 1 unspecified atom stereocenters. The molecule has 1 aliphatic rings. The van der Waals surface area contributed by atoms with E-state index in [0.717, 1.165) is 44.6 Å². The number of thiazole rings is 1. The third-order valence-corrected chi connectivity index (χ3v) is 12.5. The second-order valence-electron chi connectivity index (χ2n) is 17.7. The molecule has 7 rings (SSSR count). The van der Waals surface area contributed by atoms with Crippen LogP contribution in [0.1, 0.15) is 67.2 Å². The van der Waals surface area contributed by atoms with Gasteiger partial charge >= 0.3 is 6.18 Å². The van der Waals surface area contributed by atoms with Crippen molar-refractivity contribution in [3.05, 3.63) is 101 Å². The van der Waals surface area contributed by atoms with Gasteiger partial charge in [0.25, 0.3) is 5.91 Å². The van der Waals surface area contributed by atoms with Gasteiger partial charge in [-0.1, -0.05) is 45.0 Å². The van der Waals surface area contributed by atoms with Gasteiger partial charge in [-0.25, -0.2) is 4.98 Å². The molecular formula is C48H55F3N8O7S. The first-order valence-corrected chi connectivity index (χ1v) is 22.9. The fourth-order valence-electron chi connectivity index (χ4n) is 8.10. The van der Waals surface area contributed by atoms with E-state index in [1.807, 2.05) is 52.0 Å². The molecule has 1 fully saturated rings. The molecule has 0 aliphatic carbocycles. The number of aliphatic hydroxyl groups excluding tert-OH is 1. The molecule has 19 heteroatoms. The van der Waals surface area contributed by atoms with E-state index in [1.165, 1.54) is 17.0 Å². The molecular weight excluding hydrogens is 890 g/mol. The van der Waals surface area contributed by atoms with Crippen LogP contribution < -0.4 is 16.0 Å². The molecule has 0 radical (unpaired) electrons. The SMILES string of the molecule is Cc1ncsc1-c1ccc(CNC(=O)[C@@H]2C[C@@H](O)CN2C(=O)C(NC(=O)CCCOCCOCCNC(=O)c2ccc3c(c2)c2cn(C)nc2n3-c2ccc(C(F)(F)F)cc2)C(C)(C)C)cc1. The molecule has 3 atom stereocenters. The number of halogens is 3. The number of alkyl halides is 3. The van der Waals surface area contributed by atoms with Crippen LogP contribution in [0.25, 0.3) is 38.1 Å². The lowest BCUT2D eigenvalue weighted by atomic mass is 9.85. The molecule has 4 heterocycles. The monoisotopic (exact) mass is 944 g/mol. The summed E-state index contributed by atoms with van der Waals surface area (Å²) in [6.07, 6.45) is -2.97. The normalized spacial score (nSPS) is 15.9. The minimum absolute atomic E-state index is 0.0228. The number of nitrogens with zero attached hydrogens (tertiary/aromatic N) is 5. The van der Waals surface area contributed by atoms with Crippen LogP contribution in [0.4, 0.5) is 13.2 Å². The van der Waals surface area contributed by atoms with Gasteiger partial charge in [-0.2, -0.15) is 18.3 Å². The van der Waals surface area contributed by atoms with Gasteiger partial charge in [0.05, 0.1) is 53.1 Å². The largest absolute Gasteiger partial charge is 0.416 e. The van der Waals surface area contributed by atoms with E-state index in [4.69, 9.17) is 9.47 Å². The van der Waals surface area contributed by atoms with E-state index in [2.05, 4.69) is 26.0 Å². The van der Waals surface area contributed by atoms with Crippen molar-refractivity contribution in [3.63, 3.8) is 0 Å². The van der Waals surface area contributed by atoms with E-state index >= 15 is 0 Å². The number of β-amino-alcohol motifs (C(OH)–C–C–N with tert-alkyl or cyclic N) is 1. The number of rotatable bonds is 18. The van der Waals surface area contributed by atoms with Crippen molar-refractivity contribution in [3.8, 4) is 16.1 Å². The zero-order chi connectivity index (χ0) is 48.0. The van der Waals surface area contributed by atoms with Crippen molar-refractivity contribution in [1.82, 2.24) is 40.2 Å². The highest BCUT2D eigenvalue weighted by Crippen LogP contribution is 2.35. The predicted octanol–water partition coefficient (Wildman–Crippen LogP) is 6.32. The van der Waals surface area contributed by atoms with Gasteiger partial charge in [0.2, 0.25) is 17.7 Å². The standard InChI is InChI=1S/C48H55F3N8O7S/c1-29-41(67-28-54-29)31-10-8-30(9-11-31)25-53-45(63)39-24-35(60)26-58(39)46(64)42(47(2,3)4)55-40(61)7-6-19-65-21-22-66-20-18-52-44(62)32-12-17-38-36(23-32)37-27-57(5)56-43(37)59(38)34-15-13-33(14-16-34)48(49,50)51/h8-17,23,27-28,35,39,42,60H,6-7,18-22,24-26H2,1-5H3,(H,52,62)(H,53,63)(H,55,61)/t35-,39+,42?/m1/s1. The van der Waals surface area contributed by atoms with Crippen molar-refractivity contribution < 1.29 is 46.9 Å². The third kappa shape index (κ3) is 11.7. The number of aryl methyl sites for hydroxylation is 2. The summed E-state index contributed by atoms with van der Waals surface area (Å²) in [5.41, 5.74) is 5.37. The van der Waals surface area contributed by atoms with Crippen LogP contribution in [-0.2, 0) is 43.6 Å². The lowest BCUT2D eigenvalue weighted by Gasteiger charge is -2.35. The van der Waals surface area contributed by atoms with Crippen LogP contribution in [-0.4, -0.2) is 111 Å². The lowest BCUT2D eigenvalue weighted by molar-refractivity contribution is -0.144. The highest BCUT2D eigenvalue weighted by molar-refractivity contribution is 7.13. The fourth-order valence-corrected chi connectivity index (χ4v) is 8.92. The van der Waals surface area contributed by atoms with E-state index in [1.54, 1.807) is 57.5 Å². The number of likely N-dealkylation sites (tertiary alicyclic amines) is 1. The molecule has 1 saturated heterocycles. The van der Waals surface area contributed by atoms with Gasteiger partial charge in [0.1, 0.15) is 12.1 Å². The van der Waals surface area contributed by atoms with E-state index < -0.39 is 41.2 Å². The molecule has 4 amide bonds. The Bertz CT molecular complexity index is 2710. The highest BCUT2D eigenvalue weighted by Gasteiger charge is 2.44. The number of nitrogens with one attached hydrogen (secondary N) is 3. The minimum Gasteiger partial charge on any atom is -0.391 e. The number of aliphatic hydroxyl groups is 1. The summed E-state index contributed by atoms with van der Waals surface area (Å²) in [4.78, 5) is 60.3. The molecule has 0 bridgehead atoms. The zero-order valence-corrected chi connectivity index (χ0v) is 38.8. The molecule has 15 nitrogen and oxygen atoms in total. The predicted molar refractivity (Wildman–Crippen MR) is 247 cm³/mol. The number of fused-ring (bicyclic) bond motifs is 3. The number of ether oxygens (including phenoxy) is 2. The van der Waals surface area contributed by atoms with Crippen molar-refractivity contribution >= 4 is 56.9 Å². The average Bonchev–Trinajstić information content (AvgIpc) is 4.07. The lowest BCUT2D eigenvalue weighted by Crippen LogP contribution is -2.57. The summed E-state index contributed by atoms with van der Waals surface area (Å²) in [5.74, 6) is -1.49. The molecule has 1 aliphatic heterocycles. The topological polar surface area (TPSA) is 182 Å². The Hall–Kier alpha value is -6.15. The van der Waals surface area contributed by atoms with Crippen molar-refractivity contribution in [1.29, 1.82) is 0 Å². The first-order valence-electron chi connectivity index (χ1n) is 22.0. The second kappa shape index (κ2) is 20.8. The highest BCUT2D eigenvalue weighted by atomic mass is 32.1. The molecule has 3 aromatic carbocycles. The summed E-state index contributed by atoms with van der Waals surface area (Å²) in [6.45, 7) is 8.89. The summed E-state index contributed by atoms with van der Waals surface area (Å²) in [7, 11) is 1.75. The molecule has 3 aromatic heterocycles. The van der Waals surface area contributed by atoms with Crippen LogP contribution in [0, 0.1) is 12.3 Å². The van der Waals surface area contributed by atoms with E-state index in [-0.39, 0.29) is 76.6 Å². The summed E-state index contributed by atoms with van der Waals surface area (Å²) >= 11 is 1.56. The summed E-state index contributed by atoms with van der Waals surface area (Å²) in [6, 6.07) is 16.0. The number of aromatic nitrogens is 4. The molecule has 4 N–H and O–H groups in total. The van der Waals surface area contributed by atoms with Crippen LogP contribution in [0.5, 0.6) is 0 Å². The maximum atomic E-state index is 14.0. The fraction of sp³-hybridized carbons (Fsp3) is 0.417. The number of hydrogen-bond donors (Lipinski definition) is 4. The Morgan fingerprint density at radius 2 is 1.64 bits per heavy atom. The van der Waals surface area contributed by atoms with Crippen molar-refractivity contribution in [2.45, 2.75) is 77.9 Å². The minimum atomic E-state index is -4.46. The van der Waals surface area contributed by atoms with E-state index in [0.29, 0.717) is 28.8 Å². The maximum absolute atomic E-state index is 14.0. The van der Waals surface area contributed by atoms with Gasteiger partial charge in [0, 0.05) is 74.4 Å². The van der Waals surface area contributed by atoms with Crippen LogP contribution >= 0.6 is 11.3 Å². The number of benzene rings is 3. The van der Waals surface area contributed by atoms with Crippen molar-refractivity contribution in [2.75, 3.05) is 39.5 Å². The molecule has 67 heavy (non-hydrogen) atoms. The summed E-state index contributed by atoms with van der Waals surface area (Å²) < 4.78 is 54.3. The molecule has 356 valence electrons. The Morgan fingerprint density at radius 3 is 2.31 bits per heavy atom. The molecule has 0 spiro atoms. The Balaban J connectivity index is 0.809. The van der Waals surface area contributed by atoms with Crippen LogP contribution in [0.2, 0.25) is 0 Å². The Labute approximate surface area is 389 Å². The van der Waals surface area contributed by atoms with E-state index in [9.17, 15) is 37.5 Å². The van der Waals surface area contributed by atoms with Crippen molar-refractivity contribution in [2.24, 2.45) is 12.5 Å². The second-order valence-corrected chi connectivity index (χ2v) is 18.5. The van der Waals surface area contributed by atoms with Gasteiger partial charge in [-0.05, 0) is 72.4 Å². The number of amides is 4. The number of carbonyl (C=O) groups excluding carboxylic acids is 4. The molecule has 6 aromatic rings. The zero-order valence-electron chi connectivity index (χ0n) is 38.0. The maximum Gasteiger partial charge on any atom is 0.416 e. The van der Waals surface area contributed by atoms with Gasteiger partial charge in [-0.15, -0.1) is 11.3 Å². The summed E-state index contributed by atoms with van der Waals surface area (Å²) in [5, 5.41) is 25.2. The molecule has 0 saturated carbocycles. The quantitative estimate of drug-likeness (QED) is 0.0718. The Morgan fingerprint density at radius 1 is 0.925 bits per heavy atom. The van der Waals surface area contributed by atoms with Crippen LogP contribution in [0.3, 0.4) is 0 Å². The Kier molecular flexibility index (Phi) is 15.1. The first-order chi connectivity index (χ1) is 31.9. The van der Waals surface area contributed by atoms with Gasteiger partial charge < -0.3 is 35.4 Å². The smallest absolute Gasteiger partial charge is 0.391 e. The number of carbonyl (C=O) groups is 4. The average molecular weight is 945 g/mol. The van der Waals surface area contributed by atoms with Crippen LogP contribution in [0.15, 0.2) is 78.4 Å².